The van der Waals surface area contributed by atoms with Crippen molar-refractivity contribution >= 4 is 33.2 Å². The Balaban J connectivity index is 1.72. The fraction of sp³-hybridized carbons (Fsp3) is 0.667. The van der Waals surface area contributed by atoms with Gasteiger partial charge in [0.25, 0.3) is 0 Å². The first-order chi connectivity index (χ1) is 15.9. The molecule has 1 aromatic rings. The predicted molar refractivity (Wildman–Crippen MR) is 129 cm³/mol. The topological polar surface area (TPSA) is 81.2 Å². The van der Waals surface area contributed by atoms with Gasteiger partial charge in [-0.25, -0.2) is 8.42 Å². The first-order valence-corrected chi connectivity index (χ1v) is 13.8. The lowest BCUT2D eigenvalue weighted by molar-refractivity contribution is -0.131. The summed E-state index contributed by atoms with van der Waals surface area (Å²) in [5, 5.41) is 0. The molecule has 33 heavy (non-hydrogen) atoms. The number of hydrogen-bond acceptors (Lipinski definition) is 5. The number of carbonyl (C=O) groups is 2. The minimum Gasteiger partial charge on any atom is -0.358 e. The van der Waals surface area contributed by atoms with Crippen molar-refractivity contribution in [2.45, 2.75) is 69.7 Å². The van der Waals surface area contributed by atoms with Gasteiger partial charge in [0.05, 0.1) is 16.3 Å². The second-order valence-electron chi connectivity index (χ2n) is 9.16. The number of likely N-dealkylation sites (tertiary alicyclic amines) is 1. The van der Waals surface area contributed by atoms with Gasteiger partial charge in [0.1, 0.15) is 12.6 Å². The third-order valence-corrected chi connectivity index (χ3v) is 9.24. The lowest BCUT2D eigenvalue weighted by Crippen LogP contribution is -2.57. The Morgan fingerprint density at radius 2 is 1.64 bits per heavy atom. The third-order valence-electron chi connectivity index (χ3n) is 7.20. The van der Waals surface area contributed by atoms with E-state index in [1.165, 1.54) is 4.31 Å². The number of amides is 2. The first-order valence-electron chi connectivity index (χ1n) is 12.4. The monoisotopic (exact) mass is 476 g/mol. The molecule has 0 saturated carbocycles. The number of fused-ring (bicyclic) bond motifs is 3. The van der Waals surface area contributed by atoms with Crippen LogP contribution in [-0.2, 0) is 19.6 Å². The van der Waals surface area contributed by atoms with Crippen molar-refractivity contribution in [2.24, 2.45) is 0 Å². The maximum absolute atomic E-state index is 13.6. The summed E-state index contributed by atoms with van der Waals surface area (Å²) >= 11 is 0. The summed E-state index contributed by atoms with van der Waals surface area (Å²) in [6, 6.07) is 4.78. The van der Waals surface area contributed by atoms with Crippen LogP contribution in [0.2, 0.25) is 0 Å². The van der Waals surface area contributed by atoms with Crippen molar-refractivity contribution in [3.05, 3.63) is 18.2 Å². The molecule has 3 heterocycles. The number of carbonyl (C=O) groups excluding carboxylic acids is 2. The van der Waals surface area contributed by atoms with E-state index in [9.17, 15) is 18.0 Å². The fourth-order valence-corrected chi connectivity index (χ4v) is 6.81. The standard InChI is InChI=1S/C24H36N4O4S/c1-3-26(4-2)33(31,32)19-12-13-20-22(17-19)28(24(30)21-11-7-10-16-27(20)21)18-23(29)25-14-8-5-6-9-15-25/h12-13,17,21H,3-11,14-16,18H2,1-2H3/t21-/m0/s1. The summed E-state index contributed by atoms with van der Waals surface area (Å²) in [7, 11) is -3.68. The molecule has 0 spiro atoms. The minimum atomic E-state index is -3.68. The molecule has 0 unspecified atom stereocenters. The fourth-order valence-electron chi connectivity index (χ4n) is 5.33. The molecule has 0 N–H and O–H groups in total. The largest absolute Gasteiger partial charge is 0.358 e. The average molecular weight is 477 g/mol. The molecule has 2 amide bonds. The molecule has 9 heteroatoms. The number of hydrogen-bond donors (Lipinski definition) is 0. The summed E-state index contributed by atoms with van der Waals surface area (Å²) in [5.41, 5.74) is 1.39. The van der Waals surface area contributed by atoms with Gasteiger partial charge in [0, 0.05) is 32.7 Å². The molecule has 0 aromatic heterocycles. The van der Waals surface area contributed by atoms with E-state index in [1.807, 2.05) is 24.8 Å². The highest BCUT2D eigenvalue weighted by Gasteiger charge is 2.41. The Kier molecular flexibility index (Phi) is 7.28. The number of rotatable bonds is 6. The van der Waals surface area contributed by atoms with Crippen LogP contribution in [0.1, 0.15) is 58.8 Å². The number of sulfonamides is 1. The Morgan fingerprint density at radius 1 is 0.970 bits per heavy atom. The molecule has 0 radical (unpaired) electrons. The molecule has 2 saturated heterocycles. The molecule has 1 atom stereocenters. The molecule has 182 valence electrons. The van der Waals surface area contributed by atoms with Gasteiger partial charge in [-0.2, -0.15) is 4.31 Å². The van der Waals surface area contributed by atoms with Gasteiger partial charge < -0.3 is 9.80 Å². The lowest BCUT2D eigenvalue weighted by atomic mass is 9.96. The molecule has 1 aromatic carbocycles. The molecule has 4 rings (SSSR count). The molecule has 2 fully saturated rings. The zero-order valence-electron chi connectivity index (χ0n) is 19.8. The molecule has 0 bridgehead atoms. The Hall–Kier alpha value is -2.13. The van der Waals surface area contributed by atoms with Crippen LogP contribution >= 0.6 is 0 Å². The Bertz CT molecular complexity index is 984. The van der Waals surface area contributed by atoms with Crippen LogP contribution in [0.5, 0.6) is 0 Å². The van der Waals surface area contributed by atoms with E-state index < -0.39 is 10.0 Å². The van der Waals surface area contributed by atoms with E-state index in [4.69, 9.17) is 0 Å². The average Bonchev–Trinajstić information content (AvgIpc) is 3.12. The molecular formula is C24H36N4O4S. The number of nitrogens with zero attached hydrogens (tertiary/aromatic N) is 4. The molecular weight excluding hydrogens is 440 g/mol. The van der Waals surface area contributed by atoms with Crippen molar-refractivity contribution in [1.82, 2.24) is 9.21 Å². The van der Waals surface area contributed by atoms with Crippen LogP contribution in [-0.4, -0.2) is 74.7 Å². The summed E-state index contributed by atoms with van der Waals surface area (Å²) in [5.74, 6) is -0.153. The maximum atomic E-state index is 13.6. The highest BCUT2D eigenvalue weighted by atomic mass is 32.2. The van der Waals surface area contributed by atoms with Crippen LogP contribution < -0.4 is 9.80 Å². The Labute approximate surface area is 197 Å². The van der Waals surface area contributed by atoms with E-state index >= 15 is 0 Å². The van der Waals surface area contributed by atoms with Gasteiger partial charge in [-0.15, -0.1) is 0 Å². The highest BCUT2D eigenvalue weighted by molar-refractivity contribution is 7.89. The quantitative estimate of drug-likeness (QED) is 0.631. The van der Waals surface area contributed by atoms with Crippen molar-refractivity contribution in [1.29, 1.82) is 0 Å². The predicted octanol–water partition coefficient (Wildman–Crippen LogP) is 2.83. The van der Waals surface area contributed by atoms with E-state index in [-0.39, 0.29) is 29.3 Å². The minimum absolute atomic E-state index is 0.0368. The van der Waals surface area contributed by atoms with E-state index in [2.05, 4.69) is 4.90 Å². The second-order valence-corrected chi connectivity index (χ2v) is 11.1. The van der Waals surface area contributed by atoms with Crippen LogP contribution in [0.15, 0.2) is 23.1 Å². The van der Waals surface area contributed by atoms with Crippen LogP contribution in [0.4, 0.5) is 11.4 Å². The normalized spacial score (nSPS) is 21.6. The zero-order valence-corrected chi connectivity index (χ0v) is 20.6. The van der Waals surface area contributed by atoms with Crippen molar-refractivity contribution in [2.75, 3.05) is 49.1 Å². The van der Waals surface area contributed by atoms with Gasteiger partial charge >= 0.3 is 0 Å². The number of benzene rings is 1. The van der Waals surface area contributed by atoms with Crippen molar-refractivity contribution < 1.29 is 18.0 Å². The van der Waals surface area contributed by atoms with E-state index in [1.54, 1.807) is 17.0 Å². The van der Waals surface area contributed by atoms with Gasteiger partial charge in [0.2, 0.25) is 21.8 Å². The third kappa shape index (κ3) is 4.62. The lowest BCUT2D eigenvalue weighted by Gasteiger charge is -2.45. The van der Waals surface area contributed by atoms with Gasteiger partial charge in [-0.05, 0) is 50.3 Å². The van der Waals surface area contributed by atoms with E-state index in [0.717, 1.165) is 70.3 Å². The molecule has 8 nitrogen and oxygen atoms in total. The van der Waals surface area contributed by atoms with Gasteiger partial charge in [-0.3, -0.25) is 14.5 Å². The van der Waals surface area contributed by atoms with E-state index in [0.29, 0.717) is 18.8 Å². The van der Waals surface area contributed by atoms with Crippen LogP contribution in [0.3, 0.4) is 0 Å². The van der Waals surface area contributed by atoms with Gasteiger partial charge in [-0.1, -0.05) is 26.7 Å². The molecule has 3 aliphatic rings. The Morgan fingerprint density at radius 3 is 2.30 bits per heavy atom. The summed E-state index contributed by atoms with van der Waals surface area (Å²) < 4.78 is 27.8. The second kappa shape index (κ2) is 10.0. The number of anilines is 2. The summed E-state index contributed by atoms with van der Waals surface area (Å²) in [6.07, 6.45) is 6.95. The molecule has 0 aliphatic carbocycles. The van der Waals surface area contributed by atoms with Crippen molar-refractivity contribution in [3.8, 4) is 0 Å². The SMILES string of the molecule is CCN(CC)S(=O)(=O)c1ccc2c(c1)N(CC(=O)N1CCCCCC1)C(=O)[C@@H]1CCCCN21. The zero-order chi connectivity index (χ0) is 23.6. The smallest absolute Gasteiger partial charge is 0.250 e. The van der Waals surface area contributed by atoms with Gasteiger partial charge in [0.15, 0.2) is 0 Å². The summed E-state index contributed by atoms with van der Waals surface area (Å²) in [4.78, 5) is 32.5. The first kappa shape index (κ1) is 24.0. The van der Waals surface area contributed by atoms with Crippen LogP contribution in [0, 0.1) is 0 Å². The molecule has 3 aliphatic heterocycles. The van der Waals surface area contributed by atoms with Crippen molar-refractivity contribution in [3.63, 3.8) is 0 Å². The number of piperidine rings is 1. The summed E-state index contributed by atoms with van der Waals surface area (Å²) in [6.45, 7) is 6.55. The maximum Gasteiger partial charge on any atom is 0.250 e. The van der Waals surface area contributed by atoms with Crippen LogP contribution in [0.25, 0.3) is 0 Å². The highest BCUT2D eigenvalue weighted by Crippen LogP contribution is 2.41.